The Kier molecular flexibility index (Phi) is 12.5. The third kappa shape index (κ3) is 8.76. The third-order valence-corrected chi connectivity index (χ3v) is 7.49. The lowest BCUT2D eigenvalue weighted by Gasteiger charge is -2.32. The highest BCUT2D eigenvalue weighted by atomic mass is 16.5. The minimum Gasteiger partial charge on any atom is -0.480 e. The quantitative estimate of drug-likeness (QED) is 0.211. The molecule has 6 N–H and O–H groups in total. The number of likely N-dealkylation sites (N-methyl/N-ethyl adjacent to an activating group) is 2. The Bertz CT molecular complexity index is 1570. The van der Waals surface area contributed by atoms with Crippen LogP contribution < -0.4 is 15.5 Å². The number of nitrogens with zero attached hydrogens (tertiary/aromatic N) is 3. The van der Waals surface area contributed by atoms with Crippen molar-refractivity contribution in [2.45, 2.75) is 0 Å². The molecule has 0 aromatic heterocycles. The summed E-state index contributed by atoms with van der Waals surface area (Å²) in [6, 6.07) is 22.2. The first-order valence-electron chi connectivity index (χ1n) is 14.3. The van der Waals surface area contributed by atoms with E-state index in [1.807, 2.05) is 54.6 Å². The SMILES string of the molecule is COC(=O)c1ccc2c(c1)NC(=O)/C2=C(\Nc1ccc(N(C)C(=O)CN2CCN(C)CC2)cc1)c1ccccc1.O.O=C(O)CO. The number of aliphatic hydroxyl groups is 1. The van der Waals surface area contributed by atoms with E-state index in [9.17, 15) is 14.4 Å². The fraction of sp³-hybridized carbons (Fsp3) is 0.273. The van der Waals surface area contributed by atoms with Gasteiger partial charge >= 0.3 is 11.9 Å². The number of methoxy groups -OCH3 is 1. The molecular formula is C33H39N5O8. The molecule has 0 spiro atoms. The summed E-state index contributed by atoms with van der Waals surface area (Å²) in [5.41, 5.74) is 5.10. The number of benzene rings is 3. The van der Waals surface area contributed by atoms with Gasteiger partial charge in [-0.2, -0.15) is 0 Å². The largest absolute Gasteiger partial charge is 0.480 e. The van der Waals surface area contributed by atoms with E-state index >= 15 is 0 Å². The van der Waals surface area contributed by atoms with Crippen LogP contribution in [0.25, 0.3) is 11.3 Å². The van der Waals surface area contributed by atoms with E-state index in [0.29, 0.717) is 34.6 Å². The molecule has 2 amide bonds. The standard InChI is InChI=1S/C31H33N5O4.C2H4O3.H2O/c1-34-15-17-36(18-16-34)20-27(37)35(2)24-12-10-23(11-13-24)32-29(21-7-5-4-6-8-21)28-25-14-9-22(31(39)40-3)19-26(25)33-30(28)38;3-1-2(4)5;/h4-14,19,32H,15-18,20H2,1-3H3,(H,33,38);3H,1H2,(H,4,5);1H2/b29-28-;;. The van der Waals surface area contributed by atoms with Crippen molar-refractivity contribution in [3.05, 3.63) is 89.5 Å². The molecule has 13 nitrogen and oxygen atoms in total. The number of ether oxygens (including phenoxy) is 1. The molecule has 46 heavy (non-hydrogen) atoms. The molecule has 0 atom stereocenters. The number of carboxylic acid groups (broad SMARTS) is 1. The van der Waals surface area contributed by atoms with E-state index in [1.165, 1.54) is 7.11 Å². The van der Waals surface area contributed by atoms with Gasteiger partial charge in [0.2, 0.25) is 5.91 Å². The van der Waals surface area contributed by atoms with Gasteiger partial charge in [0.25, 0.3) is 5.91 Å². The summed E-state index contributed by atoms with van der Waals surface area (Å²) in [4.78, 5) is 53.4. The number of nitrogens with one attached hydrogen (secondary N) is 2. The molecule has 3 aromatic carbocycles. The molecule has 0 bridgehead atoms. The van der Waals surface area contributed by atoms with Crippen LogP contribution in [0.1, 0.15) is 21.5 Å². The minimum atomic E-state index is -1.19. The number of fused-ring (bicyclic) bond motifs is 1. The van der Waals surface area contributed by atoms with Gasteiger partial charge in [0, 0.05) is 50.2 Å². The second-order valence-electron chi connectivity index (χ2n) is 10.6. The van der Waals surface area contributed by atoms with Crippen LogP contribution in [0.15, 0.2) is 72.8 Å². The van der Waals surface area contributed by atoms with Gasteiger partial charge in [-0.1, -0.05) is 36.4 Å². The van der Waals surface area contributed by atoms with Gasteiger partial charge in [0.1, 0.15) is 6.61 Å². The van der Waals surface area contributed by atoms with Crippen LogP contribution in [0.3, 0.4) is 0 Å². The number of hydrogen-bond donors (Lipinski definition) is 4. The average Bonchev–Trinajstić information content (AvgIpc) is 3.39. The number of rotatable bonds is 8. The Balaban J connectivity index is 0.000000892. The van der Waals surface area contributed by atoms with E-state index in [4.69, 9.17) is 19.7 Å². The van der Waals surface area contributed by atoms with Crippen molar-refractivity contribution in [3.63, 3.8) is 0 Å². The third-order valence-electron chi connectivity index (χ3n) is 7.49. The predicted molar refractivity (Wildman–Crippen MR) is 175 cm³/mol. The van der Waals surface area contributed by atoms with Crippen LogP contribution in [0.2, 0.25) is 0 Å². The Morgan fingerprint density at radius 1 is 0.957 bits per heavy atom. The Morgan fingerprint density at radius 2 is 1.59 bits per heavy atom. The maximum atomic E-state index is 13.2. The normalized spacial score (nSPS) is 15.3. The Labute approximate surface area is 267 Å². The fourth-order valence-corrected chi connectivity index (χ4v) is 4.91. The highest BCUT2D eigenvalue weighted by Crippen LogP contribution is 2.38. The number of aliphatic hydroxyl groups excluding tert-OH is 1. The van der Waals surface area contributed by atoms with Crippen LogP contribution in [-0.2, 0) is 19.1 Å². The smallest absolute Gasteiger partial charge is 0.337 e. The second kappa shape index (κ2) is 16.3. The second-order valence-corrected chi connectivity index (χ2v) is 10.6. The van der Waals surface area contributed by atoms with Crippen LogP contribution >= 0.6 is 0 Å². The maximum Gasteiger partial charge on any atom is 0.337 e. The molecule has 3 aromatic rings. The molecule has 2 aliphatic heterocycles. The van der Waals surface area contributed by atoms with Crippen molar-refractivity contribution in [1.82, 2.24) is 9.80 Å². The van der Waals surface area contributed by atoms with Crippen LogP contribution in [0.5, 0.6) is 0 Å². The zero-order chi connectivity index (χ0) is 32.5. The summed E-state index contributed by atoms with van der Waals surface area (Å²) < 4.78 is 4.82. The highest BCUT2D eigenvalue weighted by Gasteiger charge is 2.29. The molecular weight excluding hydrogens is 594 g/mol. The number of carbonyl (C=O) groups is 4. The van der Waals surface area contributed by atoms with Crippen molar-refractivity contribution in [2.75, 3.05) is 76.1 Å². The number of carboxylic acids is 1. The van der Waals surface area contributed by atoms with E-state index in [2.05, 4.69) is 27.5 Å². The molecule has 0 radical (unpaired) electrons. The number of hydrogen-bond acceptors (Lipinski definition) is 9. The summed E-state index contributed by atoms with van der Waals surface area (Å²) >= 11 is 0. The monoisotopic (exact) mass is 633 g/mol. The number of esters is 1. The molecule has 0 aliphatic carbocycles. The number of piperazine rings is 1. The number of aliphatic carboxylic acids is 1. The van der Waals surface area contributed by atoms with E-state index < -0.39 is 18.5 Å². The topological polar surface area (TPSA) is 183 Å². The molecule has 2 heterocycles. The van der Waals surface area contributed by atoms with Gasteiger partial charge in [0.15, 0.2) is 0 Å². The van der Waals surface area contributed by atoms with Crippen molar-refractivity contribution >= 4 is 52.1 Å². The molecule has 5 rings (SSSR count). The van der Waals surface area contributed by atoms with E-state index in [-0.39, 0.29) is 17.3 Å². The number of anilines is 3. The van der Waals surface area contributed by atoms with Gasteiger partial charge < -0.3 is 40.9 Å². The maximum absolute atomic E-state index is 13.2. The first-order chi connectivity index (χ1) is 21.6. The summed E-state index contributed by atoms with van der Waals surface area (Å²) in [6.07, 6.45) is 0. The summed E-state index contributed by atoms with van der Waals surface area (Å²) in [5.74, 6) is -1.88. The average molecular weight is 634 g/mol. The zero-order valence-electron chi connectivity index (χ0n) is 25.9. The van der Waals surface area contributed by atoms with E-state index in [1.54, 1.807) is 30.1 Å². The summed E-state index contributed by atoms with van der Waals surface area (Å²) in [5, 5.41) is 21.3. The fourth-order valence-electron chi connectivity index (χ4n) is 4.91. The Hall–Kier alpha value is -5.08. The lowest BCUT2D eigenvalue weighted by atomic mass is 9.99. The minimum absolute atomic E-state index is 0. The van der Waals surface area contributed by atoms with Crippen LogP contribution in [-0.4, -0.2) is 110 Å². The van der Waals surface area contributed by atoms with Gasteiger partial charge in [-0.15, -0.1) is 0 Å². The zero-order valence-corrected chi connectivity index (χ0v) is 25.9. The molecule has 0 unspecified atom stereocenters. The molecule has 1 saturated heterocycles. The molecule has 2 aliphatic rings. The summed E-state index contributed by atoms with van der Waals surface area (Å²) in [7, 11) is 5.21. The number of carbonyl (C=O) groups excluding carboxylic acids is 3. The molecule has 0 saturated carbocycles. The molecule has 244 valence electrons. The molecule has 1 fully saturated rings. The lowest BCUT2D eigenvalue weighted by Crippen LogP contribution is -2.48. The number of amides is 2. The van der Waals surface area contributed by atoms with Crippen LogP contribution in [0.4, 0.5) is 17.1 Å². The van der Waals surface area contributed by atoms with Gasteiger partial charge in [-0.25, -0.2) is 9.59 Å². The highest BCUT2D eigenvalue weighted by molar-refractivity contribution is 6.37. The molecule has 13 heteroatoms. The van der Waals surface area contributed by atoms with Crippen LogP contribution in [0, 0.1) is 0 Å². The van der Waals surface area contributed by atoms with Crippen molar-refractivity contribution in [2.24, 2.45) is 0 Å². The van der Waals surface area contributed by atoms with Gasteiger partial charge in [-0.05, 0) is 49.0 Å². The van der Waals surface area contributed by atoms with Crippen molar-refractivity contribution in [1.29, 1.82) is 0 Å². The lowest BCUT2D eigenvalue weighted by molar-refractivity contribution is -0.140. The Morgan fingerprint density at radius 3 is 2.17 bits per heavy atom. The first kappa shape index (κ1) is 35.4. The summed E-state index contributed by atoms with van der Waals surface area (Å²) in [6.45, 7) is 3.31. The van der Waals surface area contributed by atoms with E-state index in [0.717, 1.165) is 43.1 Å². The van der Waals surface area contributed by atoms with Gasteiger partial charge in [0.05, 0.1) is 36.2 Å². The van der Waals surface area contributed by atoms with Crippen molar-refractivity contribution < 1.29 is 39.6 Å². The van der Waals surface area contributed by atoms with Crippen molar-refractivity contribution in [3.8, 4) is 0 Å². The van der Waals surface area contributed by atoms with Gasteiger partial charge in [-0.3, -0.25) is 14.5 Å². The predicted octanol–water partition coefficient (Wildman–Crippen LogP) is 1.85. The first-order valence-corrected chi connectivity index (χ1v) is 14.3.